The van der Waals surface area contributed by atoms with E-state index in [1.54, 1.807) is 0 Å². The molecule has 17 heavy (non-hydrogen) atoms. The van der Waals surface area contributed by atoms with Crippen LogP contribution >= 0.6 is 0 Å². The Morgan fingerprint density at radius 2 is 2.00 bits per heavy atom. The monoisotopic (exact) mass is 242 g/mol. The van der Waals surface area contributed by atoms with Gasteiger partial charge in [-0.1, -0.05) is 13.8 Å². The van der Waals surface area contributed by atoms with Crippen LogP contribution in [0.3, 0.4) is 0 Å². The van der Waals surface area contributed by atoms with Crippen LogP contribution in [-0.2, 0) is 0 Å². The first-order chi connectivity index (χ1) is 7.91. The van der Waals surface area contributed by atoms with Crippen molar-refractivity contribution >= 4 is 0 Å². The second kappa shape index (κ2) is 6.17. The van der Waals surface area contributed by atoms with Crippen LogP contribution in [0.1, 0.15) is 46.5 Å². The molecule has 1 heterocycles. The molecule has 1 aliphatic rings. The quantitative estimate of drug-likeness (QED) is 0.772. The Morgan fingerprint density at radius 3 is 2.59 bits per heavy atom. The maximum Gasteiger partial charge on any atom is 0.0610 e. The minimum Gasteiger partial charge on any atom is -0.394 e. The first-order valence-electron chi connectivity index (χ1n) is 6.93. The Balaban J connectivity index is 2.37. The molecular formula is C14H30N2O. The van der Waals surface area contributed by atoms with Crippen molar-refractivity contribution in [3.05, 3.63) is 0 Å². The second-order valence-electron chi connectivity index (χ2n) is 6.58. The molecule has 0 radical (unpaired) electrons. The van der Waals surface area contributed by atoms with E-state index in [4.69, 9.17) is 0 Å². The highest BCUT2D eigenvalue weighted by atomic mass is 16.3. The molecule has 0 aromatic carbocycles. The number of hydrogen-bond acceptors (Lipinski definition) is 3. The van der Waals surface area contributed by atoms with E-state index in [0.29, 0.717) is 5.41 Å². The van der Waals surface area contributed by atoms with Gasteiger partial charge < -0.3 is 15.3 Å². The minimum atomic E-state index is -0.123. The van der Waals surface area contributed by atoms with Crippen LogP contribution in [0.25, 0.3) is 0 Å². The Morgan fingerprint density at radius 1 is 1.29 bits per heavy atom. The molecule has 3 heteroatoms. The summed E-state index contributed by atoms with van der Waals surface area (Å²) in [4.78, 5) is 2.56. The summed E-state index contributed by atoms with van der Waals surface area (Å²) in [6.07, 6.45) is 4.96. The zero-order chi connectivity index (χ0) is 12.9. The zero-order valence-corrected chi connectivity index (χ0v) is 12.1. The SMILES string of the molecule is CNC(C)(CO)CCN1CCCC(C)(C)CC1. The topological polar surface area (TPSA) is 35.5 Å². The minimum absolute atomic E-state index is 0.123. The van der Waals surface area contributed by atoms with E-state index in [9.17, 15) is 5.11 Å². The van der Waals surface area contributed by atoms with Gasteiger partial charge in [-0.15, -0.1) is 0 Å². The number of nitrogens with zero attached hydrogens (tertiary/aromatic N) is 1. The van der Waals surface area contributed by atoms with Crippen molar-refractivity contribution in [2.24, 2.45) is 5.41 Å². The van der Waals surface area contributed by atoms with Gasteiger partial charge in [-0.05, 0) is 64.7 Å². The molecule has 1 fully saturated rings. The standard InChI is InChI=1S/C14H30N2O/c1-13(2)6-5-9-16(10-7-13)11-8-14(3,12-17)15-4/h15,17H,5-12H2,1-4H3. The number of nitrogens with one attached hydrogen (secondary N) is 1. The molecule has 1 unspecified atom stereocenters. The van der Waals surface area contributed by atoms with E-state index in [-0.39, 0.29) is 12.1 Å². The summed E-state index contributed by atoms with van der Waals surface area (Å²) >= 11 is 0. The van der Waals surface area contributed by atoms with Gasteiger partial charge in [0.25, 0.3) is 0 Å². The average molecular weight is 242 g/mol. The number of aliphatic hydroxyl groups is 1. The maximum atomic E-state index is 9.37. The Kier molecular flexibility index (Phi) is 5.42. The molecule has 1 atom stereocenters. The van der Waals surface area contributed by atoms with E-state index in [2.05, 4.69) is 31.0 Å². The highest BCUT2D eigenvalue weighted by molar-refractivity contribution is 4.83. The van der Waals surface area contributed by atoms with Gasteiger partial charge in [0, 0.05) is 5.54 Å². The van der Waals surface area contributed by atoms with Gasteiger partial charge in [-0.25, -0.2) is 0 Å². The number of hydrogen-bond donors (Lipinski definition) is 2. The van der Waals surface area contributed by atoms with Crippen LogP contribution in [-0.4, -0.2) is 48.8 Å². The Labute approximate surface area is 107 Å². The molecule has 0 amide bonds. The van der Waals surface area contributed by atoms with E-state index in [1.165, 1.54) is 32.4 Å². The summed E-state index contributed by atoms with van der Waals surface area (Å²) in [5.41, 5.74) is 0.389. The fourth-order valence-electron chi connectivity index (χ4n) is 2.39. The molecule has 1 aliphatic heterocycles. The molecular weight excluding hydrogens is 212 g/mol. The maximum absolute atomic E-state index is 9.37. The second-order valence-corrected chi connectivity index (χ2v) is 6.58. The third kappa shape index (κ3) is 4.94. The van der Waals surface area contributed by atoms with Gasteiger partial charge in [-0.2, -0.15) is 0 Å². The fourth-order valence-corrected chi connectivity index (χ4v) is 2.39. The molecule has 2 N–H and O–H groups in total. The predicted molar refractivity (Wildman–Crippen MR) is 73.2 cm³/mol. The lowest BCUT2D eigenvalue weighted by Gasteiger charge is -2.30. The first kappa shape index (κ1) is 14.9. The summed E-state index contributed by atoms with van der Waals surface area (Å²) in [6.45, 7) is 10.6. The Bertz CT molecular complexity index is 224. The molecule has 1 saturated heterocycles. The number of likely N-dealkylation sites (N-methyl/N-ethyl adjacent to an activating group) is 1. The van der Waals surface area contributed by atoms with Gasteiger partial charge in [0.2, 0.25) is 0 Å². The summed E-state index contributed by atoms with van der Waals surface area (Å²) in [6, 6.07) is 0. The largest absolute Gasteiger partial charge is 0.394 e. The van der Waals surface area contributed by atoms with E-state index >= 15 is 0 Å². The highest BCUT2D eigenvalue weighted by Crippen LogP contribution is 2.29. The molecule has 102 valence electrons. The molecule has 0 aliphatic carbocycles. The van der Waals surface area contributed by atoms with Crippen LogP contribution in [0.4, 0.5) is 0 Å². The van der Waals surface area contributed by atoms with Crippen molar-refractivity contribution in [2.75, 3.05) is 33.3 Å². The van der Waals surface area contributed by atoms with Gasteiger partial charge in [0.1, 0.15) is 0 Å². The zero-order valence-electron chi connectivity index (χ0n) is 12.1. The summed E-state index contributed by atoms with van der Waals surface area (Å²) in [7, 11) is 1.93. The fraction of sp³-hybridized carbons (Fsp3) is 1.00. The van der Waals surface area contributed by atoms with E-state index in [0.717, 1.165) is 13.0 Å². The molecule has 0 aromatic heterocycles. The smallest absolute Gasteiger partial charge is 0.0610 e. The molecule has 1 rings (SSSR count). The van der Waals surface area contributed by atoms with Crippen LogP contribution in [0.15, 0.2) is 0 Å². The summed E-state index contributed by atoms with van der Waals surface area (Å²) in [5.74, 6) is 0. The molecule has 3 nitrogen and oxygen atoms in total. The van der Waals surface area contributed by atoms with Crippen molar-refractivity contribution < 1.29 is 5.11 Å². The lowest BCUT2D eigenvalue weighted by atomic mass is 9.85. The number of rotatable bonds is 5. The van der Waals surface area contributed by atoms with Crippen LogP contribution in [0.2, 0.25) is 0 Å². The summed E-state index contributed by atoms with van der Waals surface area (Å²) < 4.78 is 0. The van der Waals surface area contributed by atoms with Crippen LogP contribution < -0.4 is 5.32 Å². The van der Waals surface area contributed by atoms with Gasteiger partial charge in [-0.3, -0.25) is 0 Å². The van der Waals surface area contributed by atoms with Crippen molar-refractivity contribution in [3.63, 3.8) is 0 Å². The lowest BCUT2D eigenvalue weighted by Crippen LogP contribution is -2.46. The highest BCUT2D eigenvalue weighted by Gasteiger charge is 2.25. The Hall–Kier alpha value is -0.120. The van der Waals surface area contributed by atoms with Crippen molar-refractivity contribution in [2.45, 2.75) is 52.0 Å². The van der Waals surface area contributed by atoms with Crippen molar-refractivity contribution in [3.8, 4) is 0 Å². The molecule has 0 bridgehead atoms. The van der Waals surface area contributed by atoms with Gasteiger partial charge in [0.05, 0.1) is 6.61 Å². The predicted octanol–water partition coefficient (Wildman–Crippen LogP) is 1.86. The van der Waals surface area contributed by atoms with E-state index < -0.39 is 0 Å². The van der Waals surface area contributed by atoms with Gasteiger partial charge in [0.15, 0.2) is 0 Å². The molecule has 0 aromatic rings. The third-order valence-electron chi connectivity index (χ3n) is 4.37. The van der Waals surface area contributed by atoms with Gasteiger partial charge >= 0.3 is 0 Å². The van der Waals surface area contributed by atoms with Crippen molar-refractivity contribution in [1.29, 1.82) is 0 Å². The lowest BCUT2D eigenvalue weighted by molar-refractivity contribution is 0.151. The molecule has 0 saturated carbocycles. The normalized spacial score (nSPS) is 25.2. The van der Waals surface area contributed by atoms with Crippen LogP contribution in [0.5, 0.6) is 0 Å². The number of likely N-dealkylation sites (tertiary alicyclic amines) is 1. The number of aliphatic hydroxyl groups excluding tert-OH is 1. The summed E-state index contributed by atoms with van der Waals surface area (Å²) in [5, 5.41) is 12.6. The first-order valence-corrected chi connectivity index (χ1v) is 6.93. The van der Waals surface area contributed by atoms with Crippen molar-refractivity contribution in [1.82, 2.24) is 10.2 Å². The van der Waals surface area contributed by atoms with Crippen LogP contribution in [0, 0.1) is 5.41 Å². The third-order valence-corrected chi connectivity index (χ3v) is 4.37. The average Bonchev–Trinajstić information content (AvgIpc) is 2.47. The van der Waals surface area contributed by atoms with E-state index in [1.807, 2.05) is 7.05 Å². The molecule has 0 spiro atoms.